The minimum atomic E-state index is -3.95. The number of piperidine rings is 1. The molecule has 9 heteroatoms. The molecule has 2 aromatic carbocycles. The fraction of sp³-hybridized carbons (Fsp3) is 0.590. The summed E-state index contributed by atoms with van der Waals surface area (Å²) in [6, 6.07) is 15.6. The Morgan fingerprint density at radius 3 is 2.38 bits per heavy atom. The molecule has 3 heterocycles. The van der Waals surface area contributed by atoms with Gasteiger partial charge in [0.1, 0.15) is 0 Å². The Morgan fingerprint density at radius 1 is 1.02 bits per heavy atom. The molecule has 260 valence electrons. The van der Waals surface area contributed by atoms with E-state index in [9.17, 15) is 8.42 Å². The summed E-state index contributed by atoms with van der Waals surface area (Å²) in [5.74, 6) is 1.20. The maximum atomic E-state index is 13.9. The van der Waals surface area contributed by atoms with E-state index in [4.69, 9.17) is 9.47 Å². The molecule has 0 radical (unpaired) electrons. The first kappa shape index (κ1) is 34.8. The monoisotopic (exact) mass is 674 g/mol. The zero-order valence-electron chi connectivity index (χ0n) is 29.9. The summed E-state index contributed by atoms with van der Waals surface area (Å²) in [5, 5.41) is 0. The quantitative estimate of drug-likeness (QED) is 0.271. The summed E-state index contributed by atoms with van der Waals surface area (Å²) >= 11 is 0. The van der Waals surface area contributed by atoms with Crippen molar-refractivity contribution in [3.8, 4) is 17.1 Å². The molecule has 1 saturated heterocycles. The van der Waals surface area contributed by atoms with Gasteiger partial charge in [0.05, 0.1) is 29.9 Å². The molecule has 2 atom stereocenters. The molecule has 0 amide bonds. The second-order valence-corrected chi connectivity index (χ2v) is 17.8. The van der Waals surface area contributed by atoms with Crippen LogP contribution in [0.3, 0.4) is 0 Å². The standard InChI is InChI=1S/C39H54N4O4S/c1-26(2)46-19-18-43-16-14-39(15-17-43)23-30(24-39)36-29-12-9-13-32(20-29)48(44,45)42-37-40-33(35-27(3)10-8-11-28(35)4)21-34(41-37)47-25-31(36)22-38(5,6)7/h8-13,20-21,26,30-31,36H,14-19,22-25H2,1-7H3,(H,40,41,42)/t31-,36?/m1/s1. The highest BCUT2D eigenvalue weighted by atomic mass is 32.2. The summed E-state index contributed by atoms with van der Waals surface area (Å²) in [6.45, 7) is 19.6. The first-order valence-electron chi connectivity index (χ1n) is 17.8. The number of sulfonamides is 1. The van der Waals surface area contributed by atoms with E-state index in [2.05, 4.69) is 60.3 Å². The zero-order valence-corrected chi connectivity index (χ0v) is 30.7. The van der Waals surface area contributed by atoms with Gasteiger partial charge in [0, 0.05) is 24.1 Å². The van der Waals surface area contributed by atoms with Crippen molar-refractivity contribution in [2.24, 2.45) is 22.7 Å². The molecule has 6 rings (SSSR count). The van der Waals surface area contributed by atoms with Crippen molar-refractivity contribution >= 4 is 16.0 Å². The summed E-state index contributed by atoms with van der Waals surface area (Å²) in [5.41, 5.74) is 5.22. The van der Waals surface area contributed by atoms with E-state index in [0.717, 1.165) is 67.8 Å². The predicted octanol–water partition coefficient (Wildman–Crippen LogP) is 8.01. The van der Waals surface area contributed by atoms with E-state index in [1.807, 2.05) is 50.2 Å². The second kappa shape index (κ2) is 13.7. The Hall–Kier alpha value is -3.01. The van der Waals surface area contributed by atoms with Crippen molar-refractivity contribution in [3.05, 3.63) is 65.2 Å². The molecule has 1 aromatic heterocycles. The third-order valence-corrected chi connectivity index (χ3v) is 12.0. The van der Waals surface area contributed by atoms with Crippen LogP contribution in [-0.2, 0) is 14.8 Å². The molecule has 2 aliphatic heterocycles. The Kier molecular flexibility index (Phi) is 9.95. The van der Waals surface area contributed by atoms with Gasteiger partial charge in [-0.1, -0.05) is 51.1 Å². The van der Waals surface area contributed by atoms with Crippen LogP contribution in [0.1, 0.15) is 89.3 Å². The second-order valence-electron chi connectivity index (χ2n) is 16.2. The highest BCUT2D eigenvalue weighted by Crippen LogP contribution is 2.59. The van der Waals surface area contributed by atoms with Gasteiger partial charge < -0.3 is 14.4 Å². The Morgan fingerprint density at radius 2 is 1.71 bits per heavy atom. The van der Waals surface area contributed by atoms with Gasteiger partial charge >= 0.3 is 0 Å². The maximum Gasteiger partial charge on any atom is 0.264 e. The Balaban J connectivity index is 1.32. The third kappa shape index (κ3) is 7.89. The van der Waals surface area contributed by atoms with Gasteiger partial charge in [0.15, 0.2) is 0 Å². The molecular formula is C39H54N4O4S. The van der Waals surface area contributed by atoms with E-state index in [1.54, 1.807) is 6.07 Å². The average Bonchev–Trinajstić information content (AvgIpc) is 2.98. The number of benzene rings is 2. The minimum Gasteiger partial charge on any atom is -0.477 e. The highest BCUT2D eigenvalue weighted by Gasteiger charge is 2.50. The molecule has 1 saturated carbocycles. The lowest BCUT2D eigenvalue weighted by Crippen LogP contribution is -2.50. The van der Waals surface area contributed by atoms with Crippen LogP contribution in [0.25, 0.3) is 11.3 Å². The van der Waals surface area contributed by atoms with Crippen molar-refractivity contribution in [3.63, 3.8) is 0 Å². The lowest BCUT2D eigenvalue weighted by molar-refractivity contribution is -0.0438. The topological polar surface area (TPSA) is 93.7 Å². The highest BCUT2D eigenvalue weighted by molar-refractivity contribution is 7.92. The fourth-order valence-electron chi connectivity index (χ4n) is 8.54. The van der Waals surface area contributed by atoms with Crippen molar-refractivity contribution in [2.45, 2.75) is 97.5 Å². The molecule has 4 bridgehead atoms. The Bertz CT molecular complexity index is 1680. The lowest BCUT2D eigenvalue weighted by atomic mass is 9.52. The fourth-order valence-corrected chi connectivity index (χ4v) is 9.54. The van der Waals surface area contributed by atoms with Crippen LogP contribution in [0.4, 0.5) is 5.95 Å². The first-order chi connectivity index (χ1) is 22.7. The van der Waals surface area contributed by atoms with Gasteiger partial charge in [-0.2, -0.15) is 4.98 Å². The largest absolute Gasteiger partial charge is 0.477 e. The van der Waals surface area contributed by atoms with Crippen molar-refractivity contribution in [2.75, 3.05) is 37.6 Å². The number of hydrogen-bond donors (Lipinski definition) is 1. The van der Waals surface area contributed by atoms with Crippen LogP contribution in [0.15, 0.2) is 53.4 Å². The molecule has 1 aliphatic carbocycles. The normalized spacial score (nSPS) is 22.7. The van der Waals surface area contributed by atoms with Gasteiger partial charge in [-0.25, -0.2) is 18.1 Å². The number of likely N-dealkylation sites (tertiary alicyclic amines) is 1. The molecule has 1 spiro atoms. The molecule has 1 N–H and O–H groups in total. The molecule has 1 unspecified atom stereocenters. The van der Waals surface area contributed by atoms with Gasteiger partial charge in [-0.05, 0) is 124 Å². The summed E-state index contributed by atoms with van der Waals surface area (Å²) in [7, 11) is -3.95. The number of nitrogens with zero attached hydrogens (tertiary/aromatic N) is 3. The van der Waals surface area contributed by atoms with E-state index >= 15 is 0 Å². The SMILES string of the molecule is Cc1cccc(C)c1-c1cc2nc(n1)NS(=O)(=O)c1cccc(c1)C(C1CC3(CCN(CCOC(C)C)CC3)C1)[C@H](CC(C)(C)C)CO2. The predicted molar refractivity (Wildman–Crippen MR) is 192 cm³/mol. The van der Waals surface area contributed by atoms with Gasteiger partial charge in [-0.15, -0.1) is 0 Å². The number of fused-ring (bicyclic) bond motifs is 4. The molecule has 2 fully saturated rings. The van der Waals surface area contributed by atoms with Crippen LogP contribution in [-0.4, -0.2) is 62.2 Å². The number of aryl methyl sites for hydroxylation is 2. The number of hydrogen-bond acceptors (Lipinski definition) is 7. The van der Waals surface area contributed by atoms with Crippen LogP contribution in [0, 0.1) is 36.5 Å². The van der Waals surface area contributed by atoms with E-state index < -0.39 is 10.0 Å². The van der Waals surface area contributed by atoms with Gasteiger partial charge in [-0.3, -0.25) is 0 Å². The number of rotatable bonds is 7. The van der Waals surface area contributed by atoms with E-state index in [-0.39, 0.29) is 34.2 Å². The van der Waals surface area contributed by atoms with Crippen molar-refractivity contribution < 1.29 is 17.9 Å². The molecule has 3 aliphatic rings. The van der Waals surface area contributed by atoms with Gasteiger partial charge in [0.2, 0.25) is 11.8 Å². The summed E-state index contributed by atoms with van der Waals surface area (Å²) < 4.78 is 42.9. The number of anilines is 1. The third-order valence-electron chi connectivity index (χ3n) is 10.7. The smallest absolute Gasteiger partial charge is 0.264 e. The number of aromatic nitrogens is 2. The number of ether oxygens (including phenoxy) is 2. The first-order valence-corrected chi connectivity index (χ1v) is 19.2. The Labute approximate surface area is 288 Å². The van der Waals surface area contributed by atoms with Crippen molar-refractivity contribution in [1.82, 2.24) is 14.9 Å². The van der Waals surface area contributed by atoms with E-state index in [1.165, 1.54) is 12.8 Å². The summed E-state index contributed by atoms with van der Waals surface area (Å²) in [4.78, 5) is 12.1. The van der Waals surface area contributed by atoms with Gasteiger partial charge in [0.25, 0.3) is 10.0 Å². The van der Waals surface area contributed by atoms with Crippen LogP contribution in [0.2, 0.25) is 0 Å². The molecule has 8 nitrogen and oxygen atoms in total. The van der Waals surface area contributed by atoms with Crippen LogP contribution in [0.5, 0.6) is 5.88 Å². The lowest BCUT2D eigenvalue weighted by Gasteiger charge is -2.56. The average molecular weight is 675 g/mol. The molecular weight excluding hydrogens is 621 g/mol. The minimum absolute atomic E-state index is 0.0168. The molecule has 48 heavy (non-hydrogen) atoms. The summed E-state index contributed by atoms with van der Waals surface area (Å²) in [6.07, 6.45) is 5.96. The molecule has 3 aromatic rings. The van der Waals surface area contributed by atoms with Crippen molar-refractivity contribution in [1.29, 1.82) is 0 Å². The van der Waals surface area contributed by atoms with Crippen LogP contribution < -0.4 is 9.46 Å². The zero-order chi connectivity index (χ0) is 34.3. The maximum absolute atomic E-state index is 13.9. The number of nitrogens with one attached hydrogen (secondary N) is 1. The van der Waals surface area contributed by atoms with E-state index in [0.29, 0.717) is 29.5 Å². The van der Waals surface area contributed by atoms with Crippen LogP contribution >= 0.6 is 0 Å².